The Morgan fingerprint density at radius 3 is 2.43 bits per heavy atom. The highest BCUT2D eigenvalue weighted by Gasteiger charge is 2.30. The highest BCUT2D eigenvalue weighted by molar-refractivity contribution is 5.96. The number of piperidine rings is 1. The number of carbonyl (C=O) groups excluding carboxylic acids is 1. The van der Waals surface area contributed by atoms with Gasteiger partial charge in [0.25, 0.3) is 5.91 Å². The second-order valence-electron chi connectivity index (χ2n) is 9.22. The monoisotopic (exact) mass is 412 g/mol. The quantitative estimate of drug-likeness (QED) is 0.757. The van der Waals surface area contributed by atoms with Crippen LogP contribution in [-0.4, -0.2) is 66.2 Å². The van der Waals surface area contributed by atoms with Gasteiger partial charge >= 0.3 is 0 Å². The number of rotatable bonds is 4. The lowest BCUT2D eigenvalue weighted by Gasteiger charge is -2.41. The van der Waals surface area contributed by atoms with Gasteiger partial charge in [0, 0.05) is 37.6 Å². The first kappa shape index (κ1) is 19.9. The summed E-state index contributed by atoms with van der Waals surface area (Å²) in [5.74, 6) is 1.18. The van der Waals surface area contributed by atoms with E-state index < -0.39 is 0 Å². The van der Waals surface area contributed by atoms with Crippen molar-refractivity contribution in [3.63, 3.8) is 0 Å². The van der Waals surface area contributed by atoms with Gasteiger partial charge in [0.15, 0.2) is 5.76 Å². The van der Waals surface area contributed by atoms with E-state index in [-0.39, 0.29) is 24.2 Å². The molecule has 3 fully saturated rings. The van der Waals surface area contributed by atoms with Gasteiger partial charge in [0.1, 0.15) is 17.4 Å². The lowest BCUT2D eigenvalue weighted by Crippen LogP contribution is -2.48. The van der Waals surface area contributed by atoms with Crippen LogP contribution < -0.4 is 4.74 Å². The van der Waals surface area contributed by atoms with Crippen molar-refractivity contribution in [2.45, 2.75) is 70.3 Å². The van der Waals surface area contributed by atoms with Crippen molar-refractivity contribution < 1.29 is 18.7 Å². The molecule has 6 nitrogen and oxygen atoms in total. The van der Waals surface area contributed by atoms with E-state index in [1.54, 1.807) is 0 Å². The van der Waals surface area contributed by atoms with Gasteiger partial charge in [-0.3, -0.25) is 4.79 Å². The van der Waals surface area contributed by atoms with Crippen molar-refractivity contribution in [1.29, 1.82) is 0 Å². The van der Waals surface area contributed by atoms with Gasteiger partial charge in [-0.2, -0.15) is 0 Å². The number of benzene rings is 1. The minimum Gasteiger partial charge on any atom is -0.490 e. The van der Waals surface area contributed by atoms with Crippen LogP contribution in [0.1, 0.15) is 56.5 Å². The molecule has 3 aliphatic rings. The first-order valence-electron chi connectivity index (χ1n) is 11.4. The fraction of sp³-hybridized carbons (Fsp3) is 0.625. The molecule has 1 amide bonds. The van der Waals surface area contributed by atoms with Crippen molar-refractivity contribution in [2.75, 3.05) is 26.2 Å². The van der Waals surface area contributed by atoms with Gasteiger partial charge in [0.05, 0.1) is 12.2 Å². The molecule has 0 bridgehead atoms. The number of fused-ring (bicyclic) bond motifs is 1. The van der Waals surface area contributed by atoms with Gasteiger partial charge in [-0.15, -0.1) is 0 Å². The van der Waals surface area contributed by atoms with Gasteiger partial charge in [-0.25, -0.2) is 0 Å². The van der Waals surface area contributed by atoms with E-state index in [4.69, 9.17) is 13.9 Å². The third-order valence-electron chi connectivity index (χ3n) is 6.78. The van der Waals surface area contributed by atoms with Crippen molar-refractivity contribution in [3.05, 3.63) is 30.0 Å². The minimum atomic E-state index is -0.0703. The molecule has 30 heavy (non-hydrogen) atoms. The summed E-state index contributed by atoms with van der Waals surface area (Å²) >= 11 is 0. The van der Waals surface area contributed by atoms with Gasteiger partial charge < -0.3 is 23.7 Å². The molecular weight excluding hydrogens is 380 g/mol. The Bertz CT molecular complexity index is 888. The first-order valence-corrected chi connectivity index (χ1v) is 11.4. The number of carbonyl (C=O) groups is 1. The smallest absolute Gasteiger partial charge is 0.289 e. The largest absolute Gasteiger partial charge is 0.490 e. The highest BCUT2D eigenvalue weighted by atomic mass is 16.5. The van der Waals surface area contributed by atoms with E-state index in [2.05, 4.69) is 4.90 Å². The summed E-state index contributed by atoms with van der Waals surface area (Å²) in [4.78, 5) is 17.4. The number of nitrogens with zero attached hydrogens (tertiary/aromatic N) is 2. The Kier molecular flexibility index (Phi) is 5.46. The van der Waals surface area contributed by atoms with Gasteiger partial charge in [-0.1, -0.05) is 6.42 Å². The molecule has 0 radical (unpaired) electrons. The average Bonchev–Trinajstić information content (AvgIpc) is 3.10. The van der Waals surface area contributed by atoms with Crippen LogP contribution >= 0.6 is 0 Å². The Labute approximate surface area is 178 Å². The summed E-state index contributed by atoms with van der Waals surface area (Å²) in [6.45, 7) is 7.45. The third-order valence-corrected chi connectivity index (χ3v) is 6.78. The minimum absolute atomic E-state index is 0.0396. The van der Waals surface area contributed by atoms with E-state index >= 15 is 0 Å². The molecule has 1 aromatic heterocycles. The highest BCUT2D eigenvalue weighted by Crippen LogP contribution is 2.30. The molecule has 3 heterocycles. The fourth-order valence-electron chi connectivity index (χ4n) is 5.00. The zero-order valence-corrected chi connectivity index (χ0v) is 18.0. The summed E-state index contributed by atoms with van der Waals surface area (Å²) in [6, 6.07) is 8.53. The molecule has 1 aliphatic carbocycles. The number of morpholine rings is 1. The molecular formula is C24H32N2O4. The predicted molar refractivity (Wildman–Crippen MR) is 115 cm³/mol. The van der Waals surface area contributed by atoms with Crippen LogP contribution in [0.5, 0.6) is 5.75 Å². The van der Waals surface area contributed by atoms with E-state index in [0.717, 1.165) is 48.7 Å². The maximum atomic E-state index is 12.9. The lowest BCUT2D eigenvalue weighted by atomic mass is 9.90. The fourth-order valence-corrected chi connectivity index (χ4v) is 5.00. The van der Waals surface area contributed by atoms with E-state index in [1.165, 1.54) is 19.3 Å². The molecule has 0 unspecified atom stereocenters. The Hall–Kier alpha value is -2.05. The van der Waals surface area contributed by atoms with Crippen molar-refractivity contribution in [2.24, 2.45) is 0 Å². The maximum Gasteiger partial charge on any atom is 0.289 e. The van der Waals surface area contributed by atoms with Gasteiger partial charge in [-0.05, 0) is 63.8 Å². The van der Waals surface area contributed by atoms with Crippen molar-refractivity contribution in [1.82, 2.24) is 9.80 Å². The number of likely N-dealkylation sites (tertiary alicyclic amines) is 1. The van der Waals surface area contributed by atoms with E-state index in [1.807, 2.05) is 43.0 Å². The second kappa shape index (κ2) is 8.23. The Morgan fingerprint density at radius 2 is 1.77 bits per heavy atom. The SMILES string of the molecule is C[C@@H]1CN(C(=O)c2cc3cc(OC4CCN(C5CCC5)CC4)ccc3o2)C[C@H](C)O1. The van der Waals surface area contributed by atoms with Crippen LogP contribution in [0.4, 0.5) is 0 Å². The second-order valence-corrected chi connectivity index (χ2v) is 9.22. The van der Waals surface area contributed by atoms with E-state index in [0.29, 0.717) is 18.8 Å². The summed E-state index contributed by atoms with van der Waals surface area (Å²) < 4.78 is 17.9. The predicted octanol–water partition coefficient (Wildman–Crippen LogP) is 4.08. The molecule has 0 N–H and O–H groups in total. The first-order chi connectivity index (χ1) is 14.5. The summed E-state index contributed by atoms with van der Waals surface area (Å²) in [5, 5.41) is 0.914. The standard InChI is InChI=1S/C24H32N2O4/c1-16-14-26(15-17(2)28-16)24(27)23-13-18-12-21(6-7-22(18)30-23)29-20-8-10-25(11-9-20)19-4-3-5-19/h6-7,12-13,16-17,19-20H,3-5,8-11,14-15H2,1-2H3/t16-,17+. The molecule has 0 spiro atoms. The van der Waals surface area contributed by atoms with Crippen molar-refractivity contribution >= 4 is 16.9 Å². The molecule has 1 saturated carbocycles. The summed E-state index contributed by atoms with van der Waals surface area (Å²) in [6.07, 6.45) is 6.63. The zero-order chi connectivity index (χ0) is 20.7. The van der Waals surface area contributed by atoms with Crippen LogP contribution in [0.3, 0.4) is 0 Å². The molecule has 2 atom stereocenters. The average molecular weight is 413 g/mol. The van der Waals surface area contributed by atoms with Crippen LogP contribution in [0.25, 0.3) is 11.0 Å². The molecule has 2 saturated heterocycles. The van der Waals surface area contributed by atoms with Crippen LogP contribution in [0.15, 0.2) is 28.7 Å². The number of hydrogen-bond donors (Lipinski definition) is 0. The summed E-state index contributed by atoms with van der Waals surface area (Å²) in [5.41, 5.74) is 0.722. The molecule has 6 heteroatoms. The Morgan fingerprint density at radius 1 is 1.03 bits per heavy atom. The van der Waals surface area contributed by atoms with Gasteiger partial charge in [0.2, 0.25) is 0 Å². The van der Waals surface area contributed by atoms with Crippen molar-refractivity contribution in [3.8, 4) is 5.75 Å². The molecule has 5 rings (SSSR count). The van der Waals surface area contributed by atoms with E-state index in [9.17, 15) is 4.79 Å². The maximum absolute atomic E-state index is 12.9. The molecule has 162 valence electrons. The number of ether oxygens (including phenoxy) is 2. The summed E-state index contributed by atoms with van der Waals surface area (Å²) in [7, 11) is 0. The van der Waals surface area contributed by atoms with Crippen LogP contribution in [0, 0.1) is 0 Å². The Balaban J connectivity index is 1.23. The molecule has 2 aromatic rings. The van der Waals surface area contributed by atoms with Crippen LogP contribution in [-0.2, 0) is 4.74 Å². The zero-order valence-electron chi connectivity index (χ0n) is 18.0. The number of hydrogen-bond acceptors (Lipinski definition) is 5. The van der Waals surface area contributed by atoms with Crippen LogP contribution in [0.2, 0.25) is 0 Å². The topological polar surface area (TPSA) is 55.2 Å². The molecule has 1 aromatic carbocycles. The number of amides is 1. The molecule has 2 aliphatic heterocycles. The lowest BCUT2D eigenvalue weighted by molar-refractivity contribution is -0.0591. The number of furan rings is 1. The third kappa shape index (κ3) is 4.08. The normalized spacial score (nSPS) is 26.7.